The molecule has 3 aromatic rings. The van der Waals surface area contributed by atoms with E-state index in [-0.39, 0.29) is 34.8 Å². The summed E-state index contributed by atoms with van der Waals surface area (Å²) in [4.78, 5) is 43.8. The molecule has 0 spiro atoms. The molecule has 0 fully saturated rings. The van der Waals surface area contributed by atoms with Crippen LogP contribution in [0.15, 0.2) is 33.9 Å². The van der Waals surface area contributed by atoms with E-state index >= 15 is 0 Å². The topological polar surface area (TPSA) is 145 Å². The fraction of sp³-hybridized carbons (Fsp3) is 0.429. The molecule has 3 rings (SSSR count). The first-order valence-corrected chi connectivity index (χ1v) is 12.3. The van der Waals surface area contributed by atoms with Crippen molar-refractivity contribution in [1.82, 2.24) is 19.1 Å². The van der Waals surface area contributed by atoms with E-state index in [2.05, 4.69) is 14.7 Å². The molecule has 2 N–H and O–H groups in total. The van der Waals surface area contributed by atoms with Crippen LogP contribution in [-0.4, -0.2) is 39.2 Å². The van der Waals surface area contributed by atoms with E-state index in [1.165, 1.54) is 27.3 Å². The number of hydrogen-bond donors (Lipinski definition) is 2. The zero-order chi connectivity index (χ0) is 24.2. The first-order valence-electron chi connectivity index (χ1n) is 10.6. The molecule has 0 bridgehead atoms. The van der Waals surface area contributed by atoms with Crippen LogP contribution in [0.25, 0.3) is 11.2 Å². The molecule has 0 aliphatic carbocycles. The summed E-state index contributed by atoms with van der Waals surface area (Å²) in [5, 5.41) is 0. The molecule has 1 aromatic carbocycles. The van der Waals surface area contributed by atoms with Gasteiger partial charge in [0.25, 0.3) is 5.56 Å². The van der Waals surface area contributed by atoms with E-state index in [4.69, 9.17) is 4.74 Å². The summed E-state index contributed by atoms with van der Waals surface area (Å²) in [6.45, 7) is 3.91. The van der Waals surface area contributed by atoms with Crippen molar-refractivity contribution in [2.75, 3.05) is 10.5 Å². The smallest absolute Gasteiger partial charge is 0.338 e. The average molecular weight is 478 g/mol. The second-order valence-corrected chi connectivity index (χ2v) is 9.44. The SMILES string of the molecule is CCCCn1c(=O)[nH]c(=O)c2c1nc(COC(=O)c1cccc(NS(=O)(=O)CCC)c1)n2C. The average Bonchev–Trinajstić information content (AvgIpc) is 3.08. The fourth-order valence-corrected chi connectivity index (χ4v) is 4.49. The number of aromatic nitrogens is 4. The van der Waals surface area contributed by atoms with E-state index in [1.54, 1.807) is 20.0 Å². The summed E-state index contributed by atoms with van der Waals surface area (Å²) < 4.78 is 34.6. The van der Waals surface area contributed by atoms with E-state index in [0.717, 1.165) is 12.8 Å². The lowest BCUT2D eigenvalue weighted by atomic mass is 10.2. The van der Waals surface area contributed by atoms with Gasteiger partial charge in [-0.15, -0.1) is 0 Å². The van der Waals surface area contributed by atoms with Crippen LogP contribution in [-0.2, 0) is 35.0 Å². The third kappa shape index (κ3) is 5.51. The summed E-state index contributed by atoms with van der Waals surface area (Å²) >= 11 is 0. The number of unbranched alkanes of at least 4 members (excludes halogenated alkanes) is 1. The van der Waals surface area contributed by atoms with Crippen molar-refractivity contribution < 1.29 is 17.9 Å². The van der Waals surface area contributed by atoms with Crippen LogP contribution < -0.4 is 16.0 Å². The first kappa shape index (κ1) is 24.2. The highest BCUT2D eigenvalue weighted by atomic mass is 32.2. The van der Waals surface area contributed by atoms with Crippen LogP contribution >= 0.6 is 0 Å². The summed E-state index contributed by atoms with van der Waals surface area (Å²) in [5.74, 6) is -0.424. The molecule has 178 valence electrons. The number of benzene rings is 1. The molecule has 12 heteroatoms. The van der Waals surface area contributed by atoms with Crippen molar-refractivity contribution in [3.05, 3.63) is 56.5 Å². The van der Waals surface area contributed by atoms with Crippen LogP contribution in [0.1, 0.15) is 49.3 Å². The van der Waals surface area contributed by atoms with Crippen molar-refractivity contribution in [2.24, 2.45) is 7.05 Å². The minimum absolute atomic E-state index is 0.0309. The van der Waals surface area contributed by atoms with Gasteiger partial charge in [0.15, 0.2) is 11.2 Å². The molecule has 0 saturated carbocycles. The van der Waals surface area contributed by atoms with Crippen molar-refractivity contribution in [2.45, 2.75) is 46.3 Å². The highest BCUT2D eigenvalue weighted by Crippen LogP contribution is 2.16. The second-order valence-electron chi connectivity index (χ2n) is 7.60. The molecule has 33 heavy (non-hydrogen) atoms. The minimum Gasteiger partial charge on any atom is -0.454 e. The Morgan fingerprint density at radius 1 is 1.21 bits per heavy atom. The summed E-state index contributed by atoms with van der Waals surface area (Å²) in [5.41, 5.74) is -0.246. The molecular weight excluding hydrogens is 450 g/mol. The van der Waals surface area contributed by atoms with Crippen LogP contribution in [0.2, 0.25) is 0 Å². The van der Waals surface area contributed by atoms with E-state index in [0.29, 0.717) is 18.8 Å². The number of nitrogens with one attached hydrogen (secondary N) is 2. The Labute approximate surface area is 190 Å². The molecule has 0 saturated heterocycles. The molecule has 2 aromatic heterocycles. The van der Waals surface area contributed by atoms with Crippen molar-refractivity contribution >= 4 is 32.8 Å². The number of carbonyl (C=O) groups excluding carboxylic acids is 1. The zero-order valence-corrected chi connectivity index (χ0v) is 19.6. The number of aryl methyl sites for hydroxylation is 2. The molecule has 11 nitrogen and oxygen atoms in total. The number of nitrogens with zero attached hydrogens (tertiary/aromatic N) is 3. The van der Waals surface area contributed by atoms with Gasteiger partial charge >= 0.3 is 11.7 Å². The van der Waals surface area contributed by atoms with Gasteiger partial charge in [-0.1, -0.05) is 26.3 Å². The van der Waals surface area contributed by atoms with E-state index < -0.39 is 27.2 Å². The monoisotopic (exact) mass is 477 g/mol. The minimum atomic E-state index is -3.50. The Balaban J connectivity index is 1.82. The fourth-order valence-electron chi connectivity index (χ4n) is 3.37. The molecule has 0 atom stereocenters. The van der Waals surface area contributed by atoms with Gasteiger partial charge in [-0.25, -0.2) is 23.0 Å². The van der Waals surface area contributed by atoms with Gasteiger partial charge in [-0.05, 0) is 31.0 Å². The number of anilines is 1. The molecule has 0 unspecified atom stereocenters. The van der Waals surface area contributed by atoms with Crippen LogP contribution in [0.4, 0.5) is 5.69 Å². The predicted octanol–water partition coefficient (Wildman–Crippen LogP) is 1.73. The van der Waals surface area contributed by atoms with Crippen molar-refractivity contribution in [3.8, 4) is 0 Å². The van der Waals surface area contributed by atoms with Gasteiger partial charge in [0.2, 0.25) is 10.0 Å². The van der Waals surface area contributed by atoms with Gasteiger partial charge in [-0.2, -0.15) is 0 Å². The Kier molecular flexibility index (Phi) is 7.36. The normalized spacial score (nSPS) is 11.6. The number of rotatable bonds is 10. The third-order valence-corrected chi connectivity index (χ3v) is 6.51. The lowest BCUT2D eigenvalue weighted by Crippen LogP contribution is -2.31. The Bertz CT molecular complexity index is 1390. The number of carbonyl (C=O) groups is 1. The zero-order valence-electron chi connectivity index (χ0n) is 18.8. The summed E-state index contributed by atoms with van der Waals surface area (Å²) in [7, 11) is -1.89. The molecule has 0 aliphatic heterocycles. The van der Waals surface area contributed by atoms with Crippen molar-refractivity contribution in [3.63, 3.8) is 0 Å². The number of ether oxygens (including phenoxy) is 1. The van der Waals surface area contributed by atoms with Crippen LogP contribution in [0.3, 0.4) is 0 Å². The van der Waals surface area contributed by atoms with Crippen molar-refractivity contribution in [1.29, 1.82) is 0 Å². The maximum absolute atomic E-state index is 12.6. The maximum Gasteiger partial charge on any atom is 0.338 e. The quantitative estimate of drug-likeness (QED) is 0.423. The molecule has 2 heterocycles. The van der Waals surface area contributed by atoms with Gasteiger partial charge in [0, 0.05) is 19.3 Å². The predicted molar refractivity (Wildman–Crippen MR) is 124 cm³/mol. The largest absolute Gasteiger partial charge is 0.454 e. The van der Waals surface area contributed by atoms with Crippen LogP contribution in [0, 0.1) is 0 Å². The van der Waals surface area contributed by atoms with Gasteiger partial charge < -0.3 is 9.30 Å². The van der Waals surface area contributed by atoms with Gasteiger partial charge in [-0.3, -0.25) is 19.1 Å². The first-order chi connectivity index (χ1) is 15.7. The number of fused-ring (bicyclic) bond motifs is 1. The van der Waals surface area contributed by atoms with Gasteiger partial charge in [0.1, 0.15) is 12.4 Å². The Morgan fingerprint density at radius 2 is 1.97 bits per heavy atom. The van der Waals surface area contributed by atoms with E-state index in [1.807, 2.05) is 6.92 Å². The van der Waals surface area contributed by atoms with Crippen LogP contribution in [0.5, 0.6) is 0 Å². The number of sulfonamides is 1. The molecule has 0 radical (unpaired) electrons. The molecule has 0 aliphatic rings. The summed E-state index contributed by atoms with van der Waals surface area (Å²) in [6.07, 6.45) is 2.06. The van der Waals surface area contributed by atoms with E-state index in [9.17, 15) is 22.8 Å². The van der Waals surface area contributed by atoms with Gasteiger partial charge in [0.05, 0.1) is 11.3 Å². The molecular formula is C21H27N5O6S. The number of esters is 1. The lowest BCUT2D eigenvalue weighted by molar-refractivity contribution is 0.0459. The Hall–Kier alpha value is -3.41. The molecule has 0 amide bonds. The highest BCUT2D eigenvalue weighted by molar-refractivity contribution is 7.92. The standard InChI is InChI=1S/C21H27N5O6S/c1-4-6-10-26-18-17(19(27)23-21(26)29)25(3)16(22-18)13-32-20(28)14-8-7-9-15(12-14)24-33(30,31)11-5-2/h7-9,12,24H,4-6,10-11,13H2,1-3H3,(H,23,27,29). The second kappa shape index (κ2) is 10.0. The highest BCUT2D eigenvalue weighted by Gasteiger charge is 2.18. The number of hydrogen-bond acceptors (Lipinski definition) is 7. The lowest BCUT2D eigenvalue weighted by Gasteiger charge is -2.09. The number of H-pyrrole nitrogens is 1. The third-order valence-electron chi connectivity index (χ3n) is 5.02. The number of aromatic amines is 1. The number of imidazole rings is 1. The Morgan fingerprint density at radius 3 is 2.67 bits per heavy atom. The maximum atomic E-state index is 12.6. The summed E-state index contributed by atoms with van der Waals surface area (Å²) in [6, 6.07) is 5.97.